The summed E-state index contributed by atoms with van der Waals surface area (Å²) in [4.78, 5) is 4.38. The molecular weight excluding hydrogens is 241 g/mol. The summed E-state index contributed by atoms with van der Waals surface area (Å²) < 4.78 is 15.5. The topological polar surface area (TPSA) is 30.7 Å². The van der Waals surface area contributed by atoms with Crippen LogP contribution < -0.4 is 0 Å². The van der Waals surface area contributed by atoms with E-state index in [-0.39, 0.29) is 5.82 Å². The number of pyridine rings is 1. The summed E-state index contributed by atoms with van der Waals surface area (Å²) in [7, 11) is 1.87. The highest BCUT2D eigenvalue weighted by atomic mass is 19.1. The number of hydrogen-bond donors (Lipinski definition) is 0. The van der Waals surface area contributed by atoms with E-state index in [0.717, 1.165) is 34.1 Å². The second-order valence-corrected chi connectivity index (χ2v) is 4.55. The molecule has 0 aliphatic rings. The highest BCUT2D eigenvalue weighted by molar-refractivity contribution is 5.94. The molecule has 0 atom stereocenters. The molecule has 2 aromatic heterocycles. The highest BCUT2D eigenvalue weighted by Crippen LogP contribution is 2.30. The molecule has 0 fully saturated rings. The Labute approximate surface area is 110 Å². The molecule has 4 heteroatoms. The number of aryl methyl sites for hydroxylation is 2. The van der Waals surface area contributed by atoms with Crippen molar-refractivity contribution in [3.63, 3.8) is 0 Å². The highest BCUT2D eigenvalue weighted by Gasteiger charge is 2.13. The molecule has 2 heterocycles. The zero-order chi connectivity index (χ0) is 13.4. The number of halogens is 1. The van der Waals surface area contributed by atoms with E-state index in [1.54, 1.807) is 10.9 Å². The van der Waals surface area contributed by atoms with Crippen LogP contribution in [0, 0.1) is 5.82 Å². The van der Waals surface area contributed by atoms with Crippen LogP contribution >= 0.6 is 0 Å². The molecule has 0 N–H and O–H groups in total. The van der Waals surface area contributed by atoms with Crippen LogP contribution in [0.25, 0.3) is 22.0 Å². The Hall–Kier alpha value is -2.23. The quantitative estimate of drug-likeness (QED) is 0.703. The fraction of sp³-hybridized carbons (Fsp3) is 0.200. The first kappa shape index (κ1) is 11.8. The fourth-order valence-corrected chi connectivity index (χ4v) is 2.38. The number of aromatic nitrogens is 3. The van der Waals surface area contributed by atoms with Crippen molar-refractivity contribution in [1.82, 2.24) is 14.8 Å². The van der Waals surface area contributed by atoms with Crippen LogP contribution in [-0.4, -0.2) is 14.8 Å². The van der Waals surface area contributed by atoms with Gasteiger partial charge in [0.15, 0.2) is 0 Å². The van der Waals surface area contributed by atoms with Gasteiger partial charge in [0, 0.05) is 36.0 Å². The van der Waals surface area contributed by atoms with Gasteiger partial charge in [0.2, 0.25) is 0 Å². The van der Waals surface area contributed by atoms with Crippen LogP contribution in [0.15, 0.2) is 36.7 Å². The molecule has 0 radical (unpaired) electrons. The van der Waals surface area contributed by atoms with Crippen LogP contribution in [-0.2, 0) is 13.5 Å². The second kappa shape index (κ2) is 4.46. The molecule has 0 amide bonds. The minimum atomic E-state index is -0.249. The zero-order valence-electron chi connectivity index (χ0n) is 10.9. The SMILES string of the molecule is CCc1nn(C)cc1-c1cc(F)cc2cccnc12. The van der Waals surface area contributed by atoms with Crippen molar-refractivity contribution in [2.45, 2.75) is 13.3 Å². The Bertz CT molecular complexity index is 746. The third kappa shape index (κ3) is 1.99. The standard InChI is InChI=1S/C15H14FN3/c1-3-14-13(9-19(2)18-14)12-8-11(16)7-10-5-4-6-17-15(10)12/h4-9H,3H2,1-2H3. The summed E-state index contributed by atoms with van der Waals surface area (Å²) in [6.07, 6.45) is 4.45. The smallest absolute Gasteiger partial charge is 0.124 e. The van der Waals surface area contributed by atoms with Gasteiger partial charge in [-0.1, -0.05) is 13.0 Å². The molecule has 0 bridgehead atoms. The van der Waals surface area contributed by atoms with Crippen molar-refractivity contribution >= 4 is 10.9 Å². The predicted octanol–water partition coefficient (Wildman–Crippen LogP) is 3.34. The molecule has 3 rings (SSSR count). The zero-order valence-corrected chi connectivity index (χ0v) is 10.9. The molecular formula is C15H14FN3. The minimum Gasteiger partial charge on any atom is -0.275 e. The first-order valence-corrected chi connectivity index (χ1v) is 6.26. The fourth-order valence-electron chi connectivity index (χ4n) is 2.38. The lowest BCUT2D eigenvalue weighted by Crippen LogP contribution is -1.90. The summed E-state index contributed by atoms with van der Waals surface area (Å²) in [5, 5.41) is 5.22. The van der Waals surface area contributed by atoms with Crippen molar-refractivity contribution in [3.8, 4) is 11.1 Å². The summed E-state index contributed by atoms with van der Waals surface area (Å²) in [6.45, 7) is 2.04. The van der Waals surface area contributed by atoms with Crippen LogP contribution in [0.4, 0.5) is 4.39 Å². The molecule has 0 unspecified atom stereocenters. The average Bonchev–Trinajstić information content (AvgIpc) is 2.78. The first-order valence-electron chi connectivity index (χ1n) is 6.26. The third-order valence-corrected chi connectivity index (χ3v) is 3.20. The lowest BCUT2D eigenvalue weighted by Gasteiger charge is -2.05. The van der Waals surface area contributed by atoms with E-state index in [4.69, 9.17) is 0 Å². The molecule has 0 aliphatic heterocycles. The van der Waals surface area contributed by atoms with Gasteiger partial charge >= 0.3 is 0 Å². The summed E-state index contributed by atoms with van der Waals surface area (Å²) in [6, 6.07) is 6.73. The number of nitrogens with zero attached hydrogens (tertiary/aromatic N) is 3. The predicted molar refractivity (Wildman–Crippen MR) is 73.3 cm³/mol. The maximum Gasteiger partial charge on any atom is 0.124 e. The molecule has 96 valence electrons. The monoisotopic (exact) mass is 255 g/mol. The van der Waals surface area contributed by atoms with Gasteiger partial charge in [-0.2, -0.15) is 5.10 Å². The van der Waals surface area contributed by atoms with Gasteiger partial charge < -0.3 is 0 Å². The van der Waals surface area contributed by atoms with Crippen molar-refractivity contribution in [1.29, 1.82) is 0 Å². The van der Waals surface area contributed by atoms with E-state index in [1.807, 2.05) is 32.3 Å². The molecule has 0 spiro atoms. The van der Waals surface area contributed by atoms with E-state index in [2.05, 4.69) is 10.1 Å². The summed E-state index contributed by atoms with van der Waals surface area (Å²) in [5.74, 6) is -0.249. The number of hydrogen-bond acceptors (Lipinski definition) is 2. The molecule has 0 saturated carbocycles. The Morgan fingerprint density at radius 3 is 2.89 bits per heavy atom. The van der Waals surface area contributed by atoms with Gasteiger partial charge in [0.05, 0.1) is 11.2 Å². The Morgan fingerprint density at radius 1 is 1.26 bits per heavy atom. The third-order valence-electron chi connectivity index (χ3n) is 3.20. The van der Waals surface area contributed by atoms with Gasteiger partial charge in [-0.3, -0.25) is 9.67 Å². The molecule has 3 aromatic rings. The number of rotatable bonds is 2. The van der Waals surface area contributed by atoms with E-state index < -0.39 is 0 Å². The summed E-state index contributed by atoms with van der Waals surface area (Å²) >= 11 is 0. The molecule has 1 aromatic carbocycles. The van der Waals surface area contributed by atoms with Gasteiger partial charge in [-0.05, 0) is 24.6 Å². The minimum absolute atomic E-state index is 0.249. The van der Waals surface area contributed by atoms with Crippen molar-refractivity contribution in [3.05, 3.63) is 48.2 Å². The van der Waals surface area contributed by atoms with E-state index >= 15 is 0 Å². The van der Waals surface area contributed by atoms with Crippen LogP contribution in [0.5, 0.6) is 0 Å². The Kier molecular flexibility index (Phi) is 2.78. The van der Waals surface area contributed by atoms with Crippen molar-refractivity contribution in [2.24, 2.45) is 7.05 Å². The second-order valence-electron chi connectivity index (χ2n) is 4.55. The van der Waals surface area contributed by atoms with E-state index in [0.29, 0.717) is 0 Å². The van der Waals surface area contributed by atoms with Gasteiger partial charge in [0.1, 0.15) is 5.82 Å². The average molecular weight is 255 g/mol. The van der Waals surface area contributed by atoms with Crippen molar-refractivity contribution in [2.75, 3.05) is 0 Å². The lowest BCUT2D eigenvalue weighted by atomic mass is 10.0. The van der Waals surface area contributed by atoms with Gasteiger partial charge in [-0.15, -0.1) is 0 Å². The summed E-state index contributed by atoms with van der Waals surface area (Å²) in [5.41, 5.74) is 3.53. The normalized spacial score (nSPS) is 11.1. The lowest BCUT2D eigenvalue weighted by molar-refractivity contribution is 0.630. The first-order chi connectivity index (χ1) is 9.19. The molecule has 0 aliphatic carbocycles. The number of benzene rings is 1. The van der Waals surface area contributed by atoms with Crippen molar-refractivity contribution < 1.29 is 4.39 Å². The van der Waals surface area contributed by atoms with E-state index in [1.165, 1.54) is 12.1 Å². The molecule has 19 heavy (non-hydrogen) atoms. The van der Waals surface area contributed by atoms with Crippen LogP contribution in [0.1, 0.15) is 12.6 Å². The largest absolute Gasteiger partial charge is 0.275 e. The number of fused-ring (bicyclic) bond motifs is 1. The molecule has 0 saturated heterocycles. The Balaban J connectivity index is 2.35. The van der Waals surface area contributed by atoms with E-state index in [9.17, 15) is 4.39 Å². The van der Waals surface area contributed by atoms with Crippen LogP contribution in [0.2, 0.25) is 0 Å². The Morgan fingerprint density at radius 2 is 2.11 bits per heavy atom. The van der Waals surface area contributed by atoms with Gasteiger partial charge in [0.25, 0.3) is 0 Å². The maximum atomic E-state index is 13.8. The van der Waals surface area contributed by atoms with Crippen LogP contribution in [0.3, 0.4) is 0 Å². The molecule has 3 nitrogen and oxygen atoms in total. The maximum absolute atomic E-state index is 13.8. The van der Waals surface area contributed by atoms with Gasteiger partial charge in [-0.25, -0.2) is 4.39 Å².